The SMILES string of the molecule is CC1(C)c2nnnn2[C@H](Cc2ccccc2)C(=O)N1N. The Labute approximate surface area is 116 Å². The first-order chi connectivity index (χ1) is 9.51. The van der Waals surface area contributed by atoms with Crippen LogP contribution in [0.4, 0.5) is 0 Å². The molecule has 0 unspecified atom stereocenters. The highest BCUT2D eigenvalue weighted by Gasteiger charge is 2.45. The molecule has 20 heavy (non-hydrogen) atoms. The highest BCUT2D eigenvalue weighted by atomic mass is 16.2. The maximum absolute atomic E-state index is 12.5. The fraction of sp³-hybridized carbons (Fsp3) is 0.385. The summed E-state index contributed by atoms with van der Waals surface area (Å²) >= 11 is 0. The third-order valence-electron chi connectivity index (χ3n) is 3.73. The first-order valence-corrected chi connectivity index (χ1v) is 6.43. The van der Waals surface area contributed by atoms with Crippen molar-refractivity contribution in [3.05, 3.63) is 41.7 Å². The Bertz CT molecular complexity index is 635. The second-order valence-corrected chi connectivity index (χ2v) is 5.42. The number of nitrogens with zero attached hydrogens (tertiary/aromatic N) is 5. The normalized spacial score (nSPS) is 20.9. The Kier molecular flexibility index (Phi) is 2.79. The van der Waals surface area contributed by atoms with E-state index in [4.69, 9.17) is 5.84 Å². The van der Waals surface area contributed by atoms with Crippen LogP contribution in [0.3, 0.4) is 0 Å². The quantitative estimate of drug-likeness (QED) is 0.631. The number of carbonyl (C=O) groups is 1. The maximum atomic E-state index is 12.5. The third-order valence-corrected chi connectivity index (χ3v) is 3.73. The number of tetrazole rings is 1. The van der Waals surface area contributed by atoms with Gasteiger partial charge in [-0.1, -0.05) is 30.3 Å². The van der Waals surface area contributed by atoms with Gasteiger partial charge in [0.25, 0.3) is 5.91 Å². The molecule has 1 aliphatic heterocycles. The van der Waals surface area contributed by atoms with Gasteiger partial charge >= 0.3 is 0 Å². The highest BCUT2D eigenvalue weighted by molar-refractivity contribution is 5.82. The summed E-state index contributed by atoms with van der Waals surface area (Å²) in [7, 11) is 0. The molecule has 0 radical (unpaired) electrons. The summed E-state index contributed by atoms with van der Waals surface area (Å²) in [6, 6.07) is 9.25. The molecular weight excluding hydrogens is 256 g/mol. The number of hydrazine groups is 1. The molecule has 0 saturated carbocycles. The largest absolute Gasteiger partial charge is 0.271 e. The number of amides is 1. The van der Waals surface area contributed by atoms with Crippen LogP contribution < -0.4 is 5.84 Å². The predicted octanol–water partition coefficient (Wildman–Crippen LogP) is 0.408. The van der Waals surface area contributed by atoms with Crippen LogP contribution in [0.25, 0.3) is 0 Å². The maximum Gasteiger partial charge on any atom is 0.262 e. The minimum absolute atomic E-state index is 0.182. The molecule has 1 atom stereocenters. The van der Waals surface area contributed by atoms with Crippen LogP contribution in [-0.4, -0.2) is 31.1 Å². The van der Waals surface area contributed by atoms with Gasteiger partial charge in [-0.3, -0.25) is 9.80 Å². The van der Waals surface area contributed by atoms with Gasteiger partial charge in [0, 0.05) is 6.42 Å². The van der Waals surface area contributed by atoms with Crippen LogP contribution in [-0.2, 0) is 16.8 Å². The zero-order valence-electron chi connectivity index (χ0n) is 11.4. The molecule has 7 heteroatoms. The summed E-state index contributed by atoms with van der Waals surface area (Å²) in [6.07, 6.45) is 0.515. The van der Waals surface area contributed by atoms with E-state index in [-0.39, 0.29) is 5.91 Å². The van der Waals surface area contributed by atoms with Crippen molar-refractivity contribution in [1.29, 1.82) is 0 Å². The molecule has 7 nitrogen and oxygen atoms in total. The summed E-state index contributed by atoms with van der Waals surface area (Å²) in [4.78, 5) is 12.5. The zero-order chi connectivity index (χ0) is 14.3. The molecule has 2 heterocycles. The molecule has 0 aliphatic carbocycles. The molecule has 0 spiro atoms. The number of fused-ring (bicyclic) bond motifs is 1. The fourth-order valence-electron chi connectivity index (χ4n) is 2.47. The van der Waals surface area contributed by atoms with Gasteiger partial charge in [0.15, 0.2) is 5.82 Å². The molecule has 0 fully saturated rings. The van der Waals surface area contributed by atoms with E-state index in [1.165, 1.54) is 5.01 Å². The number of benzene rings is 1. The van der Waals surface area contributed by atoms with E-state index in [1.54, 1.807) is 4.68 Å². The first kappa shape index (κ1) is 12.7. The zero-order valence-corrected chi connectivity index (χ0v) is 11.4. The molecule has 1 aromatic carbocycles. The lowest BCUT2D eigenvalue weighted by atomic mass is 9.96. The van der Waals surface area contributed by atoms with Crippen molar-refractivity contribution in [2.75, 3.05) is 0 Å². The van der Waals surface area contributed by atoms with E-state index in [9.17, 15) is 4.79 Å². The predicted molar refractivity (Wildman–Crippen MR) is 71.1 cm³/mol. The summed E-state index contributed by atoms with van der Waals surface area (Å²) in [5.41, 5.74) is 0.328. The van der Waals surface area contributed by atoms with Crippen LogP contribution >= 0.6 is 0 Å². The Morgan fingerprint density at radius 1 is 1.30 bits per heavy atom. The minimum atomic E-state index is -0.715. The van der Waals surface area contributed by atoms with Gasteiger partial charge in [0.2, 0.25) is 0 Å². The average molecular weight is 272 g/mol. The number of aromatic nitrogens is 4. The van der Waals surface area contributed by atoms with Crippen LogP contribution in [0.2, 0.25) is 0 Å². The highest BCUT2D eigenvalue weighted by Crippen LogP contribution is 2.33. The van der Waals surface area contributed by atoms with Crippen molar-refractivity contribution >= 4 is 5.91 Å². The summed E-state index contributed by atoms with van der Waals surface area (Å²) < 4.78 is 1.58. The molecule has 1 aromatic heterocycles. The van der Waals surface area contributed by atoms with Gasteiger partial charge in [-0.05, 0) is 29.8 Å². The molecule has 2 N–H and O–H groups in total. The number of carbonyl (C=O) groups excluding carboxylic acids is 1. The van der Waals surface area contributed by atoms with Gasteiger partial charge in [-0.15, -0.1) is 5.10 Å². The summed E-state index contributed by atoms with van der Waals surface area (Å²) in [5.74, 6) is 6.36. The second kappa shape index (κ2) is 4.38. The number of hydrogen-bond donors (Lipinski definition) is 1. The van der Waals surface area contributed by atoms with Crippen molar-refractivity contribution in [2.45, 2.75) is 31.8 Å². The van der Waals surface area contributed by atoms with E-state index in [2.05, 4.69) is 15.5 Å². The Morgan fingerprint density at radius 3 is 2.70 bits per heavy atom. The van der Waals surface area contributed by atoms with Gasteiger partial charge in [0.05, 0.1) is 0 Å². The molecular formula is C13H16N6O. The molecule has 0 saturated heterocycles. The lowest BCUT2D eigenvalue weighted by Crippen LogP contribution is -2.58. The van der Waals surface area contributed by atoms with Crippen LogP contribution in [0.1, 0.15) is 31.3 Å². The van der Waals surface area contributed by atoms with Crippen LogP contribution in [0.5, 0.6) is 0 Å². The van der Waals surface area contributed by atoms with E-state index in [0.717, 1.165) is 5.56 Å². The fourth-order valence-corrected chi connectivity index (χ4v) is 2.47. The second-order valence-electron chi connectivity index (χ2n) is 5.42. The van der Waals surface area contributed by atoms with E-state index in [0.29, 0.717) is 12.2 Å². The molecule has 1 aliphatic rings. The van der Waals surface area contributed by atoms with Gasteiger partial charge in [0.1, 0.15) is 11.6 Å². The number of nitrogens with two attached hydrogens (primary N) is 1. The Hall–Kier alpha value is -2.28. The van der Waals surface area contributed by atoms with E-state index < -0.39 is 11.6 Å². The minimum Gasteiger partial charge on any atom is -0.271 e. The Morgan fingerprint density at radius 2 is 2.00 bits per heavy atom. The number of hydrogen-bond acceptors (Lipinski definition) is 5. The molecule has 1 amide bonds. The Balaban J connectivity index is 2.02. The van der Waals surface area contributed by atoms with Crippen molar-refractivity contribution in [3.63, 3.8) is 0 Å². The summed E-state index contributed by atoms with van der Waals surface area (Å²) in [5, 5.41) is 12.9. The van der Waals surface area contributed by atoms with E-state index in [1.807, 2.05) is 44.2 Å². The van der Waals surface area contributed by atoms with E-state index >= 15 is 0 Å². The van der Waals surface area contributed by atoms with Crippen molar-refractivity contribution in [1.82, 2.24) is 25.2 Å². The average Bonchev–Trinajstić information content (AvgIpc) is 2.93. The molecule has 0 bridgehead atoms. The van der Waals surface area contributed by atoms with Crippen LogP contribution in [0.15, 0.2) is 30.3 Å². The lowest BCUT2D eigenvalue weighted by molar-refractivity contribution is -0.145. The third kappa shape index (κ3) is 1.78. The topological polar surface area (TPSA) is 89.9 Å². The standard InChI is InChI=1S/C13H16N6O/c1-13(2)12-15-16-17-18(12)10(11(20)19(13)14)8-9-6-4-3-5-7-9/h3-7,10H,8,14H2,1-2H3/t10-/m1/s1. The molecule has 104 valence electrons. The van der Waals surface area contributed by atoms with Gasteiger partial charge in [-0.2, -0.15) is 0 Å². The lowest BCUT2D eigenvalue weighted by Gasteiger charge is -2.40. The number of rotatable bonds is 2. The van der Waals surface area contributed by atoms with Crippen molar-refractivity contribution in [3.8, 4) is 0 Å². The van der Waals surface area contributed by atoms with Crippen LogP contribution in [0, 0.1) is 0 Å². The van der Waals surface area contributed by atoms with Gasteiger partial charge in [-0.25, -0.2) is 10.5 Å². The van der Waals surface area contributed by atoms with Gasteiger partial charge < -0.3 is 0 Å². The van der Waals surface area contributed by atoms with Crippen molar-refractivity contribution in [2.24, 2.45) is 5.84 Å². The first-order valence-electron chi connectivity index (χ1n) is 6.43. The summed E-state index contributed by atoms with van der Waals surface area (Å²) in [6.45, 7) is 3.65. The molecule has 3 rings (SSSR count). The van der Waals surface area contributed by atoms with Crippen molar-refractivity contribution < 1.29 is 4.79 Å². The molecule has 2 aromatic rings. The smallest absolute Gasteiger partial charge is 0.262 e. The monoisotopic (exact) mass is 272 g/mol.